The number of nitrogens with two attached hydrogens (primary N) is 1. The molecule has 0 saturated carbocycles. The van der Waals surface area contributed by atoms with Gasteiger partial charge in [-0.2, -0.15) is 0 Å². The number of primary amides is 1. The van der Waals surface area contributed by atoms with Gasteiger partial charge in [0, 0.05) is 39.1 Å². The fraction of sp³-hybridized carbons (Fsp3) is 0.188. The average molecular weight is 370 g/mol. The minimum absolute atomic E-state index is 0. The van der Waals surface area contributed by atoms with E-state index in [1.807, 2.05) is 42.5 Å². The van der Waals surface area contributed by atoms with Gasteiger partial charge in [0.15, 0.2) is 0 Å². The largest absolute Gasteiger partial charge is 0.491 e. The number of para-hydroxylation sites is 3. The Morgan fingerprint density at radius 2 is 1.68 bits per heavy atom. The van der Waals surface area contributed by atoms with Gasteiger partial charge in [-0.05, 0) is 30.7 Å². The third kappa shape index (κ3) is 3.78. The molecule has 1 radical (unpaired) electrons. The molecule has 0 aliphatic carbocycles. The first-order valence-corrected chi connectivity index (χ1v) is 6.80. The molecule has 6 heteroatoms. The number of carbonyl (C=O) groups excluding carboxylic acids is 1. The molecular formula is C16H15N3O2Y. The molecule has 0 fully saturated rings. The molecule has 22 heavy (non-hydrogen) atoms. The van der Waals surface area contributed by atoms with Crippen LogP contribution in [-0.4, -0.2) is 22.5 Å². The van der Waals surface area contributed by atoms with Gasteiger partial charge in [-0.3, -0.25) is 4.79 Å². The van der Waals surface area contributed by atoms with Crippen molar-refractivity contribution in [1.29, 1.82) is 0 Å². The van der Waals surface area contributed by atoms with Gasteiger partial charge < -0.3 is 10.5 Å². The zero-order valence-corrected chi connectivity index (χ0v) is 14.9. The van der Waals surface area contributed by atoms with E-state index in [-0.39, 0.29) is 38.6 Å². The number of nitrogens with zero attached hydrogens (tertiary/aromatic N) is 2. The summed E-state index contributed by atoms with van der Waals surface area (Å²) in [5, 5.41) is 0. The monoisotopic (exact) mass is 370 g/mol. The molecule has 109 valence electrons. The quantitative estimate of drug-likeness (QED) is 0.553. The summed E-state index contributed by atoms with van der Waals surface area (Å²) in [5.41, 5.74) is 8.32. The molecule has 5 nitrogen and oxygen atoms in total. The normalized spacial score (nSPS) is 10.4. The van der Waals surface area contributed by atoms with Crippen LogP contribution in [0.5, 0.6) is 5.75 Å². The van der Waals surface area contributed by atoms with Crippen LogP contribution in [0.1, 0.15) is 12.8 Å². The summed E-state index contributed by atoms with van der Waals surface area (Å²) in [7, 11) is 0. The molecule has 3 rings (SSSR count). The van der Waals surface area contributed by atoms with Crippen molar-refractivity contribution < 1.29 is 42.2 Å². The summed E-state index contributed by atoms with van der Waals surface area (Å²) in [4.78, 5) is 19.9. The number of hydrogen-bond acceptors (Lipinski definition) is 4. The van der Waals surface area contributed by atoms with E-state index in [1.165, 1.54) is 0 Å². The Balaban J connectivity index is 0.00000176. The van der Waals surface area contributed by atoms with Gasteiger partial charge in [-0.15, -0.1) is 0 Å². The van der Waals surface area contributed by atoms with Gasteiger partial charge in [0.1, 0.15) is 11.3 Å². The number of aromatic nitrogens is 2. The van der Waals surface area contributed by atoms with Crippen molar-refractivity contribution >= 4 is 28.0 Å². The van der Waals surface area contributed by atoms with E-state index in [0.717, 1.165) is 22.1 Å². The van der Waals surface area contributed by atoms with Gasteiger partial charge >= 0.3 is 0 Å². The molecule has 1 aromatic heterocycles. The van der Waals surface area contributed by atoms with Crippen molar-refractivity contribution in [3.05, 3.63) is 42.5 Å². The minimum atomic E-state index is -0.317. The van der Waals surface area contributed by atoms with E-state index < -0.39 is 0 Å². The number of hydrogen-bond donors (Lipinski definition) is 1. The molecule has 2 aromatic carbocycles. The van der Waals surface area contributed by atoms with Crippen LogP contribution in [0.25, 0.3) is 22.1 Å². The fourth-order valence-electron chi connectivity index (χ4n) is 2.16. The first-order valence-electron chi connectivity index (χ1n) is 6.80. The van der Waals surface area contributed by atoms with Crippen LogP contribution in [0.4, 0.5) is 0 Å². The fourth-order valence-corrected chi connectivity index (χ4v) is 2.16. The van der Waals surface area contributed by atoms with Gasteiger partial charge in [-0.1, -0.05) is 18.2 Å². The van der Waals surface area contributed by atoms with Crippen molar-refractivity contribution in [3.8, 4) is 5.75 Å². The maximum Gasteiger partial charge on any atom is 0.217 e. The minimum Gasteiger partial charge on any atom is -0.491 e. The molecule has 0 saturated heterocycles. The second-order valence-corrected chi connectivity index (χ2v) is 4.75. The Hall–Kier alpha value is -1.59. The van der Waals surface area contributed by atoms with E-state index in [9.17, 15) is 4.79 Å². The van der Waals surface area contributed by atoms with E-state index in [4.69, 9.17) is 10.5 Å². The van der Waals surface area contributed by atoms with Crippen LogP contribution >= 0.6 is 0 Å². The number of carbonyl (C=O) groups is 1. The molecule has 0 aliphatic rings. The van der Waals surface area contributed by atoms with Crippen molar-refractivity contribution in [1.82, 2.24) is 9.97 Å². The molecule has 0 unspecified atom stereocenters. The maximum atomic E-state index is 10.7. The van der Waals surface area contributed by atoms with Crippen LogP contribution in [-0.2, 0) is 37.5 Å². The van der Waals surface area contributed by atoms with Crippen LogP contribution < -0.4 is 10.5 Å². The topological polar surface area (TPSA) is 78.1 Å². The Labute approximate surface area is 153 Å². The molecular weight excluding hydrogens is 355 g/mol. The summed E-state index contributed by atoms with van der Waals surface area (Å²) in [6.45, 7) is 0.427. The van der Waals surface area contributed by atoms with Gasteiger partial charge in [0.25, 0.3) is 0 Å². The Bertz CT molecular complexity index is 808. The molecule has 2 N–H and O–H groups in total. The Kier molecular flexibility index (Phi) is 5.80. The first kappa shape index (κ1) is 16.8. The van der Waals surface area contributed by atoms with Crippen molar-refractivity contribution in [2.45, 2.75) is 12.8 Å². The SMILES string of the molecule is NC(=O)CCCOc1cccc2nc3ccccc3nc12.[Y]. The third-order valence-electron chi connectivity index (χ3n) is 3.16. The van der Waals surface area contributed by atoms with Crippen molar-refractivity contribution in [2.75, 3.05) is 6.61 Å². The zero-order chi connectivity index (χ0) is 14.7. The van der Waals surface area contributed by atoms with E-state index in [2.05, 4.69) is 9.97 Å². The van der Waals surface area contributed by atoms with Gasteiger partial charge in [0.05, 0.1) is 23.2 Å². The molecule has 3 aromatic rings. The number of benzene rings is 2. The van der Waals surface area contributed by atoms with Gasteiger partial charge in [-0.25, -0.2) is 9.97 Å². The standard InChI is InChI=1S/C16H15N3O2.Y/c17-15(20)9-4-10-21-14-8-3-7-13-16(14)19-12-6-2-1-5-11(12)18-13;/h1-3,5-8H,4,9-10H2,(H2,17,20);. The van der Waals surface area contributed by atoms with Crippen molar-refractivity contribution in [2.24, 2.45) is 5.73 Å². The van der Waals surface area contributed by atoms with Crippen LogP contribution in [0.15, 0.2) is 42.5 Å². The predicted octanol–water partition coefficient (Wildman–Crippen LogP) is 2.42. The molecule has 1 amide bonds. The molecule has 0 aliphatic heterocycles. The molecule has 1 heterocycles. The molecule has 0 atom stereocenters. The summed E-state index contributed by atoms with van der Waals surface area (Å²) in [5.74, 6) is 0.359. The van der Waals surface area contributed by atoms with E-state index in [0.29, 0.717) is 25.2 Å². The Morgan fingerprint density at radius 3 is 2.41 bits per heavy atom. The van der Waals surface area contributed by atoms with Gasteiger partial charge in [0.2, 0.25) is 5.91 Å². The predicted molar refractivity (Wildman–Crippen MR) is 81.0 cm³/mol. The summed E-state index contributed by atoms with van der Waals surface area (Å²) < 4.78 is 5.71. The van der Waals surface area contributed by atoms with Crippen LogP contribution in [0.2, 0.25) is 0 Å². The van der Waals surface area contributed by atoms with E-state index >= 15 is 0 Å². The first-order chi connectivity index (χ1) is 10.2. The number of amides is 1. The molecule has 0 bridgehead atoms. The summed E-state index contributed by atoms with van der Waals surface area (Å²) >= 11 is 0. The number of fused-ring (bicyclic) bond motifs is 2. The number of ether oxygens (including phenoxy) is 1. The number of rotatable bonds is 5. The summed E-state index contributed by atoms with van der Waals surface area (Å²) in [6, 6.07) is 13.4. The van der Waals surface area contributed by atoms with Crippen molar-refractivity contribution in [3.63, 3.8) is 0 Å². The average Bonchev–Trinajstić information content (AvgIpc) is 2.49. The third-order valence-corrected chi connectivity index (χ3v) is 3.16. The van der Waals surface area contributed by atoms with E-state index in [1.54, 1.807) is 0 Å². The van der Waals surface area contributed by atoms with Crippen LogP contribution in [0, 0.1) is 0 Å². The summed E-state index contributed by atoms with van der Waals surface area (Å²) in [6.07, 6.45) is 0.909. The second-order valence-electron chi connectivity index (χ2n) is 4.75. The molecule has 0 spiro atoms. The zero-order valence-electron chi connectivity index (χ0n) is 12.0. The van der Waals surface area contributed by atoms with Crippen LogP contribution in [0.3, 0.4) is 0 Å². The smallest absolute Gasteiger partial charge is 0.217 e. The Morgan fingerprint density at radius 1 is 1.00 bits per heavy atom. The second kappa shape index (κ2) is 7.61. The maximum absolute atomic E-state index is 10.7.